The number of aromatic nitrogens is 1. The maximum atomic E-state index is 10.9. The fraction of sp³-hybridized carbons (Fsp3) is 0.154. The third-order valence-electron chi connectivity index (χ3n) is 2.67. The Morgan fingerprint density at radius 1 is 1.45 bits per heavy atom. The molecule has 2 aromatic rings. The molecular weight excluding hydrogens is 346 g/mol. The molecule has 0 radical (unpaired) electrons. The molecule has 2 rings (SSSR count). The highest BCUT2D eigenvalue weighted by molar-refractivity contribution is 9.10. The zero-order chi connectivity index (χ0) is 14.7. The molecule has 0 atom stereocenters. The summed E-state index contributed by atoms with van der Waals surface area (Å²) in [6.45, 7) is 2.35. The molecule has 0 saturated carbocycles. The molecule has 0 spiro atoms. The molecule has 0 amide bonds. The SMILES string of the molecule is Cc1cnc(Cl)c(NCc2ccc(Br)c([N+](=O)[O-])c2)c1. The van der Waals surface area contributed by atoms with Crippen LogP contribution in [0.2, 0.25) is 5.15 Å². The first kappa shape index (κ1) is 14.7. The molecule has 0 fully saturated rings. The number of benzene rings is 1. The first-order chi connectivity index (χ1) is 9.47. The maximum absolute atomic E-state index is 10.9. The topological polar surface area (TPSA) is 68.1 Å². The summed E-state index contributed by atoms with van der Waals surface area (Å²) >= 11 is 9.14. The van der Waals surface area contributed by atoms with Gasteiger partial charge in [-0.25, -0.2) is 4.98 Å². The lowest BCUT2D eigenvalue weighted by atomic mass is 10.2. The average molecular weight is 357 g/mol. The average Bonchev–Trinajstić information content (AvgIpc) is 2.41. The number of halogens is 2. The number of nitrogens with one attached hydrogen (secondary N) is 1. The van der Waals surface area contributed by atoms with Crippen molar-refractivity contribution < 1.29 is 4.92 Å². The number of hydrogen-bond acceptors (Lipinski definition) is 4. The largest absolute Gasteiger partial charge is 0.378 e. The fourth-order valence-corrected chi connectivity index (χ4v) is 2.24. The molecule has 5 nitrogen and oxygen atoms in total. The van der Waals surface area contributed by atoms with Crippen LogP contribution in [-0.2, 0) is 6.54 Å². The molecule has 1 aromatic heterocycles. The Balaban J connectivity index is 2.17. The lowest BCUT2D eigenvalue weighted by Crippen LogP contribution is -2.02. The van der Waals surface area contributed by atoms with Crippen molar-refractivity contribution in [2.75, 3.05) is 5.32 Å². The lowest BCUT2D eigenvalue weighted by molar-refractivity contribution is -0.385. The van der Waals surface area contributed by atoms with Crippen molar-refractivity contribution in [3.05, 3.63) is 61.3 Å². The van der Waals surface area contributed by atoms with E-state index in [2.05, 4.69) is 26.2 Å². The summed E-state index contributed by atoms with van der Waals surface area (Å²) in [6, 6.07) is 6.86. The van der Waals surface area contributed by atoms with E-state index in [1.165, 1.54) is 6.07 Å². The zero-order valence-corrected chi connectivity index (χ0v) is 12.9. The van der Waals surface area contributed by atoms with Crippen molar-refractivity contribution in [1.82, 2.24) is 4.98 Å². The van der Waals surface area contributed by atoms with Gasteiger partial charge in [-0.1, -0.05) is 17.7 Å². The zero-order valence-electron chi connectivity index (χ0n) is 10.6. The minimum atomic E-state index is -0.422. The third-order valence-corrected chi connectivity index (χ3v) is 3.64. The van der Waals surface area contributed by atoms with E-state index in [1.807, 2.05) is 13.0 Å². The van der Waals surface area contributed by atoms with Gasteiger partial charge >= 0.3 is 0 Å². The molecule has 0 aliphatic carbocycles. The van der Waals surface area contributed by atoms with Crippen LogP contribution >= 0.6 is 27.5 Å². The van der Waals surface area contributed by atoms with E-state index < -0.39 is 4.92 Å². The Bertz CT molecular complexity index is 664. The van der Waals surface area contributed by atoms with E-state index >= 15 is 0 Å². The van der Waals surface area contributed by atoms with Gasteiger partial charge in [-0.15, -0.1) is 0 Å². The summed E-state index contributed by atoms with van der Waals surface area (Å²) in [5.74, 6) is 0. The molecule has 0 unspecified atom stereocenters. The van der Waals surface area contributed by atoms with Crippen molar-refractivity contribution in [1.29, 1.82) is 0 Å². The monoisotopic (exact) mass is 355 g/mol. The number of aryl methyl sites for hydroxylation is 1. The first-order valence-corrected chi connectivity index (χ1v) is 6.93. The molecule has 1 aromatic carbocycles. The van der Waals surface area contributed by atoms with Crippen LogP contribution in [-0.4, -0.2) is 9.91 Å². The summed E-state index contributed by atoms with van der Waals surface area (Å²) in [6.07, 6.45) is 1.68. The number of rotatable bonds is 4. The predicted octanol–water partition coefficient (Wildman–Crippen LogP) is 4.33. The summed E-state index contributed by atoms with van der Waals surface area (Å²) < 4.78 is 0.460. The van der Waals surface area contributed by atoms with Crippen molar-refractivity contribution in [3.8, 4) is 0 Å². The molecule has 0 saturated heterocycles. The number of pyridine rings is 1. The predicted molar refractivity (Wildman–Crippen MR) is 82.1 cm³/mol. The normalized spacial score (nSPS) is 10.3. The lowest BCUT2D eigenvalue weighted by Gasteiger charge is -2.09. The molecule has 0 bridgehead atoms. The second-order valence-corrected chi connectivity index (χ2v) is 5.46. The van der Waals surface area contributed by atoms with E-state index in [4.69, 9.17) is 11.6 Å². The van der Waals surface area contributed by atoms with E-state index in [9.17, 15) is 10.1 Å². The van der Waals surface area contributed by atoms with Gasteiger partial charge in [0, 0.05) is 18.8 Å². The Morgan fingerprint density at radius 3 is 2.90 bits per heavy atom. The van der Waals surface area contributed by atoms with Crippen molar-refractivity contribution in [2.45, 2.75) is 13.5 Å². The summed E-state index contributed by atoms with van der Waals surface area (Å²) in [5.41, 5.74) is 2.52. The van der Waals surface area contributed by atoms with E-state index in [1.54, 1.807) is 18.3 Å². The molecule has 104 valence electrons. The number of nitro groups is 1. The van der Waals surface area contributed by atoms with Gasteiger partial charge in [0.1, 0.15) is 0 Å². The second kappa shape index (κ2) is 6.19. The van der Waals surface area contributed by atoms with Gasteiger partial charge in [0.15, 0.2) is 5.15 Å². The summed E-state index contributed by atoms with van der Waals surface area (Å²) in [4.78, 5) is 14.5. The highest BCUT2D eigenvalue weighted by Gasteiger charge is 2.12. The van der Waals surface area contributed by atoms with Gasteiger partial charge in [0.2, 0.25) is 0 Å². The fourth-order valence-electron chi connectivity index (χ4n) is 1.68. The van der Waals surface area contributed by atoms with E-state index in [0.29, 0.717) is 21.9 Å². The first-order valence-electron chi connectivity index (χ1n) is 5.76. The molecular formula is C13H11BrClN3O2. The smallest absolute Gasteiger partial charge is 0.283 e. The molecule has 7 heteroatoms. The number of nitro benzene ring substituents is 1. The minimum Gasteiger partial charge on any atom is -0.378 e. The number of anilines is 1. The molecule has 1 N–H and O–H groups in total. The van der Waals surface area contributed by atoms with E-state index in [-0.39, 0.29) is 5.69 Å². The Hall–Kier alpha value is -1.66. The van der Waals surface area contributed by atoms with E-state index in [0.717, 1.165) is 11.1 Å². The minimum absolute atomic E-state index is 0.0396. The molecule has 0 aliphatic heterocycles. The van der Waals surface area contributed by atoms with Gasteiger partial charge < -0.3 is 5.32 Å². The number of nitrogens with zero attached hydrogens (tertiary/aromatic N) is 2. The maximum Gasteiger partial charge on any atom is 0.283 e. The molecule has 20 heavy (non-hydrogen) atoms. The van der Waals surface area contributed by atoms with Gasteiger partial charge in [-0.2, -0.15) is 0 Å². The van der Waals surface area contributed by atoms with Crippen LogP contribution in [0.25, 0.3) is 0 Å². The molecule has 1 heterocycles. The van der Waals surface area contributed by atoms with Crippen molar-refractivity contribution >= 4 is 38.9 Å². The van der Waals surface area contributed by atoms with Crippen LogP contribution in [0.15, 0.2) is 34.9 Å². The highest BCUT2D eigenvalue weighted by Crippen LogP contribution is 2.26. The van der Waals surface area contributed by atoms with Crippen LogP contribution in [0.1, 0.15) is 11.1 Å². The Kier molecular flexibility index (Phi) is 4.57. The van der Waals surface area contributed by atoms with Crippen LogP contribution in [0.3, 0.4) is 0 Å². The summed E-state index contributed by atoms with van der Waals surface area (Å²) in [5, 5.41) is 14.4. The van der Waals surface area contributed by atoms with Crippen LogP contribution in [0.5, 0.6) is 0 Å². The van der Waals surface area contributed by atoms with Gasteiger partial charge in [0.05, 0.1) is 15.1 Å². The summed E-state index contributed by atoms with van der Waals surface area (Å²) in [7, 11) is 0. The standard InChI is InChI=1S/C13H11BrClN3O2/c1-8-4-11(13(15)17-6-8)16-7-9-2-3-10(14)12(5-9)18(19)20/h2-6,16H,7H2,1H3. The molecule has 0 aliphatic rings. The van der Waals surface area contributed by atoms with Crippen molar-refractivity contribution in [3.63, 3.8) is 0 Å². The van der Waals surface area contributed by atoms with Crippen LogP contribution in [0, 0.1) is 17.0 Å². The van der Waals surface area contributed by atoms with Gasteiger partial charge in [0.25, 0.3) is 5.69 Å². The number of hydrogen-bond donors (Lipinski definition) is 1. The van der Waals surface area contributed by atoms with Crippen molar-refractivity contribution in [2.24, 2.45) is 0 Å². The second-order valence-electron chi connectivity index (χ2n) is 4.25. The van der Waals surface area contributed by atoms with Gasteiger partial charge in [-0.05, 0) is 46.1 Å². The van der Waals surface area contributed by atoms with Crippen LogP contribution in [0.4, 0.5) is 11.4 Å². The third kappa shape index (κ3) is 3.46. The Labute approximate surface area is 129 Å². The highest BCUT2D eigenvalue weighted by atomic mass is 79.9. The quantitative estimate of drug-likeness (QED) is 0.503. The van der Waals surface area contributed by atoms with Gasteiger partial charge in [-0.3, -0.25) is 10.1 Å². The Morgan fingerprint density at radius 2 is 2.20 bits per heavy atom. The van der Waals surface area contributed by atoms with Crippen LogP contribution < -0.4 is 5.32 Å².